The average molecular weight is 380 g/mol. The molecule has 0 aromatic heterocycles. The van der Waals surface area contributed by atoms with Gasteiger partial charge in [-0.1, -0.05) is 18.2 Å². The molecule has 0 aliphatic carbocycles. The van der Waals surface area contributed by atoms with Crippen LogP contribution in [0.2, 0.25) is 0 Å². The third-order valence-corrected chi connectivity index (χ3v) is 4.33. The van der Waals surface area contributed by atoms with Crippen LogP contribution in [0.25, 0.3) is 0 Å². The Morgan fingerprint density at radius 1 is 1.19 bits per heavy atom. The van der Waals surface area contributed by atoms with E-state index < -0.39 is 11.7 Å². The number of hydrogen-bond donors (Lipinski definition) is 0. The Kier molecular flexibility index (Phi) is 5.74. The van der Waals surface area contributed by atoms with Gasteiger partial charge in [-0.15, -0.1) is 0 Å². The summed E-state index contributed by atoms with van der Waals surface area (Å²) in [7, 11) is 0. The molecular formula is C19H19F3N2O3. The molecule has 144 valence electrons. The second kappa shape index (κ2) is 8.04. The highest BCUT2D eigenvalue weighted by Gasteiger charge is 2.30. The van der Waals surface area contributed by atoms with Crippen LogP contribution in [-0.4, -0.2) is 48.5 Å². The fourth-order valence-electron chi connectivity index (χ4n) is 3.06. The van der Waals surface area contributed by atoms with Crippen molar-refractivity contribution in [3.8, 4) is 0 Å². The molecule has 0 spiro atoms. The molecule has 1 aromatic carbocycles. The zero-order valence-corrected chi connectivity index (χ0v) is 14.6. The van der Waals surface area contributed by atoms with Gasteiger partial charge in [-0.3, -0.25) is 9.59 Å². The van der Waals surface area contributed by atoms with E-state index in [9.17, 15) is 22.8 Å². The Balaban J connectivity index is 1.66. The molecule has 3 rings (SSSR count). The molecule has 1 aromatic rings. The van der Waals surface area contributed by atoms with Gasteiger partial charge in [0.15, 0.2) is 5.78 Å². The number of alkyl halides is 3. The van der Waals surface area contributed by atoms with Crippen LogP contribution < -0.4 is 0 Å². The number of morpholine rings is 1. The van der Waals surface area contributed by atoms with E-state index in [2.05, 4.69) is 4.99 Å². The molecule has 2 heterocycles. The van der Waals surface area contributed by atoms with Crippen molar-refractivity contribution in [2.45, 2.75) is 25.4 Å². The number of carbonyl (C=O) groups is 2. The van der Waals surface area contributed by atoms with Gasteiger partial charge < -0.3 is 9.64 Å². The van der Waals surface area contributed by atoms with Crippen molar-refractivity contribution in [1.82, 2.24) is 4.90 Å². The molecule has 0 saturated carbocycles. The van der Waals surface area contributed by atoms with Crippen molar-refractivity contribution in [2.75, 3.05) is 26.3 Å². The number of halogens is 3. The number of ether oxygens (including phenoxy) is 1. The number of Topliss-reactive ketones (excluding diaryl/α,β-unsaturated/α-hetero) is 1. The zero-order valence-electron chi connectivity index (χ0n) is 14.6. The minimum absolute atomic E-state index is 0.0519. The highest BCUT2D eigenvalue weighted by Crippen LogP contribution is 2.29. The fraction of sp³-hybridized carbons (Fsp3) is 0.421. The lowest BCUT2D eigenvalue weighted by Gasteiger charge is -2.30. The zero-order chi connectivity index (χ0) is 19.4. The lowest BCUT2D eigenvalue weighted by Crippen LogP contribution is -2.36. The largest absolute Gasteiger partial charge is 0.416 e. The van der Waals surface area contributed by atoms with Gasteiger partial charge in [0.25, 0.3) is 0 Å². The van der Waals surface area contributed by atoms with Crippen LogP contribution in [0.1, 0.15) is 24.0 Å². The van der Waals surface area contributed by atoms with Crippen molar-refractivity contribution in [2.24, 2.45) is 4.99 Å². The van der Waals surface area contributed by atoms with Gasteiger partial charge in [-0.25, -0.2) is 4.99 Å². The summed E-state index contributed by atoms with van der Waals surface area (Å²) >= 11 is 0. The van der Waals surface area contributed by atoms with E-state index in [1.54, 1.807) is 0 Å². The Labute approximate surface area is 154 Å². The van der Waals surface area contributed by atoms with Gasteiger partial charge >= 0.3 is 6.18 Å². The molecule has 0 N–H and O–H groups in total. The average Bonchev–Trinajstić information content (AvgIpc) is 2.61. The normalized spacial score (nSPS) is 18.2. The summed E-state index contributed by atoms with van der Waals surface area (Å²) in [6.07, 6.45) is -3.11. The first-order valence-electron chi connectivity index (χ1n) is 8.63. The monoisotopic (exact) mass is 380 g/mol. The van der Waals surface area contributed by atoms with Crippen LogP contribution in [0.15, 0.2) is 41.2 Å². The molecule has 0 unspecified atom stereocenters. The number of rotatable bonds is 5. The number of hydrogen-bond acceptors (Lipinski definition) is 5. The molecule has 0 bridgehead atoms. The minimum Gasteiger partial charge on any atom is -0.378 e. The number of nitrogens with zero attached hydrogens (tertiary/aromatic N) is 2. The smallest absolute Gasteiger partial charge is 0.378 e. The number of benzene rings is 1. The lowest BCUT2D eigenvalue weighted by atomic mass is 10.00. The topological polar surface area (TPSA) is 59.0 Å². The van der Waals surface area contributed by atoms with Crippen molar-refractivity contribution < 1.29 is 27.5 Å². The molecule has 2 aliphatic heterocycles. The predicted molar refractivity (Wildman–Crippen MR) is 92.3 cm³/mol. The Bertz CT molecular complexity index is 794. The predicted octanol–water partition coefficient (Wildman–Crippen LogP) is 2.79. The van der Waals surface area contributed by atoms with Crippen LogP contribution in [0, 0.1) is 0 Å². The maximum Gasteiger partial charge on any atom is 0.416 e. The summed E-state index contributed by atoms with van der Waals surface area (Å²) in [5.74, 6) is 0.119. The highest BCUT2D eigenvalue weighted by molar-refractivity contribution is 6.14. The summed E-state index contributed by atoms with van der Waals surface area (Å²) in [5, 5.41) is 0. The standard InChI is InChI=1S/C19H19F3N2O3/c20-19(21,22)14-3-1-2-13(8-14)9-16(25)10-15-11-17(26)12-18(23-15)24-4-6-27-7-5-24/h1-3,8,12H,4-7,9-11H2. The molecule has 5 nitrogen and oxygen atoms in total. The van der Waals surface area contributed by atoms with E-state index in [4.69, 9.17) is 4.74 Å². The number of allylic oxidation sites excluding steroid dienone is 1. The summed E-state index contributed by atoms with van der Waals surface area (Å²) in [6.45, 7) is 2.33. The van der Waals surface area contributed by atoms with Gasteiger partial charge in [0.2, 0.25) is 0 Å². The van der Waals surface area contributed by atoms with E-state index >= 15 is 0 Å². The van der Waals surface area contributed by atoms with Gasteiger partial charge in [0, 0.05) is 44.1 Å². The maximum atomic E-state index is 12.8. The van der Waals surface area contributed by atoms with Crippen LogP contribution in [-0.2, 0) is 26.9 Å². The van der Waals surface area contributed by atoms with Gasteiger partial charge in [-0.05, 0) is 11.6 Å². The third kappa shape index (κ3) is 5.26. The summed E-state index contributed by atoms with van der Waals surface area (Å²) < 4.78 is 43.6. The van der Waals surface area contributed by atoms with E-state index in [0.717, 1.165) is 12.1 Å². The molecule has 0 atom stereocenters. The summed E-state index contributed by atoms with van der Waals surface area (Å²) in [4.78, 5) is 30.6. The Morgan fingerprint density at radius 3 is 2.63 bits per heavy atom. The number of ketones is 2. The molecule has 1 fully saturated rings. The maximum absolute atomic E-state index is 12.8. The van der Waals surface area contributed by atoms with Crippen LogP contribution in [0.4, 0.5) is 13.2 Å². The van der Waals surface area contributed by atoms with E-state index in [-0.39, 0.29) is 30.8 Å². The van der Waals surface area contributed by atoms with Crippen molar-refractivity contribution in [3.05, 3.63) is 47.3 Å². The summed E-state index contributed by atoms with van der Waals surface area (Å²) in [5.41, 5.74) is -0.0435. The highest BCUT2D eigenvalue weighted by atomic mass is 19.4. The molecule has 0 amide bonds. The Morgan fingerprint density at radius 2 is 1.93 bits per heavy atom. The number of carbonyl (C=O) groups excluding carboxylic acids is 2. The molecule has 0 radical (unpaired) electrons. The van der Waals surface area contributed by atoms with Crippen LogP contribution in [0.5, 0.6) is 0 Å². The van der Waals surface area contributed by atoms with Gasteiger partial charge in [-0.2, -0.15) is 13.2 Å². The summed E-state index contributed by atoms with van der Waals surface area (Å²) in [6, 6.07) is 4.72. The van der Waals surface area contributed by atoms with Crippen LogP contribution >= 0.6 is 0 Å². The number of aliphatic imine (C=N–C) groups is 1. The molecular weight excluding hydrogens is 361 g/mol. The van der Waals surface area contributed by atoms with Gasteiger partial charge in [0.05, 0.1) is 18.8 Å². The van der Waals surface area contributed by atoms with E-state index in [0.29, 0.717) is 43.4 Å². The lowest BCUT2D eigenvalue weighted by molar-refractivity contribution is -0.137. The van der Waals surface area contributed by atoms with Crippen molar-refractivity contribution in [1.29, 1.82) is 0 Å². The Hall–Kier alpha value is -2.48. The fourth-order valence-corrected chi connectivity index (χ4v) is 3.06. The SMILES string of the molecule is O=C1C=C(N2CCOCC2)N=C(CC(=O)Cc2cccc(C(F)(F)F)c2)C1. The van der Waals surface area contributed by atoms with Crippen molar-refractivity contribution >= 4 is 17.3 Å². The first-order chi connectivity index (χ1) is 12.8. The molecule has 27 heavy (non-hydrogen) atoms. The quantitative estimate of drug-likeness (QED) is 0.788. The first-order valence-corrected chi connectivity index (χ1v) is 8.63. The van der Waals surface area contributed by atoms with Gasteiger partial charge in [0.1, 0.15) is 11.6 Å². The second-order valence-electron chi connectivity index (χ2n) is 6.51. The second-order valence-corrected chi connectivity index (χ2v) is 6.51. The molecule has 1 saturated heterocycles. The molecule has 8 heteroatoms. The van der Waals surface area contributed by atoms with E-state index in [1.807, 2.05) is 4.90 Å². The van der Waals surface area contributed by atoms with Crippen molar-refractivity contribution in [3.63, 3.8) is 0 Å². The van der Waals surface area contributed by atoms with Crippen LogP contribution in [0.3, 0.4) is 0 Å². The third-order valence-electron chi connectivity index (χ3n) is 4.33. The van der Waals surface area contributed by atoms with E-state index in [1.165, 1.54) is 18.2 Å². The molecule has 2 aliphatic rings. The minimum atomic E-state index is -4.45. The first kappa shape index (κ1) is 19.3.